The Morgan fingerprint density at radius 2 is 2.00 bits per heavy atom. The monoisotopic (exact) mass is 166 g/mol. The third kappa shape index (κ3) is 6.00. The van der Waals surface area contributed by atoms with Gasteiger partial charge in [0.1, 0.15) is 9.84 Å². The van der Waals surface area contributed by atoms with Gasteiger partial charge in [0.15, 0.2) is 0 Å². The zero-order chi connectivity index (χ0) is 8.20. The molecule has 1 atom stereocenters. The molecule has 0 saturated carbocycles. The molecule has 62 valence electrons. The maximum absolute atomic E-state index is 10.6. The minimum Gasteiger partial charge on any atom is -0.329 e. The number of hydrogen-bond acceptors (Lipinski definition) is 4. The molecule has 0 spiro atoms. The molecule has 0 heterocycles. The molecule has 0 aliphatic carbocycles. The van der Waals surface area contributed by atoms with Crippen LogP contribution in [0.4, 0.5) is 0 Å². The largest absolute Gasteiger partial charge is 0.329 e. The highest BCUT2D eigenvalue weighted by Crippen LogP contribution is 1.91. The Kier molecular flexibility index (Phi) is 3.85. The van der Waals surface area contributed by atoms with E-state index in [4.69, 9.17) is 11.5 Å². The van der Waals surface area contributed by atoms with Crippen molar-refractivity contribution in [2.24, 2.45) is 11.5 Å². The van der Waals surface area contributed by atoms with Gasteiger partial charge >= 0.3 is 0 Å². The van der Waals surface area contributed by atoms with Crippen molar-refractivity contribution in [1.29, 1.82) is 0 Å². The Balaban J connectivity index is 3.56. The molecule has 0 unspecified atom stereocenters. The molecule has 0 aliphatic rings. The molecule has 10 heavy (non-hydrogen) atoms. The van der Waals surface area contributed by atoms with E-state index in [1.807, 2.05) is 0 Å². The van der Waals surface area contributed by atoms with Crippen LogP contribution in [0.3, 0.4) is 0 Å². The summed E-state index contributed by atoms with van der Waals surface area (Å²) in [5.74, 6) is 0.130. The Hall–Kier alpha value is -0.130. The van der Waals surface area contributed by atoms with E-state index < -0.39 is 9.84 Å². The average molecular weight is 166 g/mol. The Bertz CT molecular complexity index is 176. The van der Waals surface area contributed by atoms with Crippen molar-refractivity contribution in [1.82, 2.24) is 0 Å². The molecule has 0 bridgehead atoms. The van der Waals surface area contributed by atoms with Gasteiger partial charge in [-0.3, -0.25) is 0 Å². The van der Waals surface area contributed by atoms with Crippen LogP contribution in [-0.4, -0.2) is 33.0 Å². The summed E-state index contributed by atoms with van der Waals surface area (Å²) in [6.07, 6.45) is 1.64. The molecular formula is C5H14N2O2S. The Morgan fingerprint density at radius 3 is 2.30 bits per heavy atom. The van der Waals surface area contributed by atoms with E-state index in [0.717, 1.165) is 0 Å². The summed E-state index contributed by atoms with van der Waals surface area (Å²) in [4.78, 5) is 0. The zero-order valence-corrected chi connectivity index (χ0v) is 6.89. The molecule has 0 radical (unpaired) electrons. The normalized spacial score (nSPS) is 15.1. The van der Waals surface area contributed by atoms with Gasteiger partial charge in [0.25, 0.3) is 0 Å². The summed E-state index contributed by atoms with van der Waals surface area (Å²) in [5, 5.41) is 0. The van der Waals surface area contributed by atoms with Crippen LogP contribution in [0.25, 0.3) is 0 Å². The van der Waals surface area contributed by atoms with E-state index in [1.54, 1.807) is 0 Å². The fraction of sp³-hybridized carbons (Fsp3) is 1.00. The van der Waals surface area contributed by atoms with Gasteiger partial charge in [0.05, 0.1) is 5.75 Å². The lowest BCUT2D eigenvalue weighted by Crippen LogP contribution is -2.31. The highest BCUT2D eigenvalue weighted by Gasteiger charge is 2.05. The van der Waals surface area contributed by atoms with E-state index >= 15 is 0 Å². The van der Waals surface area contributed by atoms with Crippen LogP contribution >= 0.6 is 0 Å². The van der Waals surface area contributed by atoms with E-state index in [1.165, 1.54) is 6.26 Å². The SMILES string of the molecule is CS(=O)(=O)CC[C@H](N)CN. The van der Waals surface area contributed by atoms with Crippen LogP contribution in [-0.2, 0) is 9.84 Å². The smallest absolute Gasteiger partial charge is 0.147 e. The minimum atomic E-state index is -2.86. The van der Waals surface area contributed by atoms with Gasteiger partial charge in [-0.05, 0) is 6.42 Å². The molecule has 0 fully saturated rings. The number of rotatable bonds is 4. The molecule has 0 aromatic carbocycles. The molecule has 5 heteroatoms. The third-order valence-corrected chi connectivity index (χ3v) is 2.14. The number of sulfone groups is 1. The van der Waals surface area contributed by atoms with Crippen molar-refractivity contribution in [3.63, 3.8) is 0 Å². The number of hydrogen-bond donors (Lipinski definition) is 2. The van der Waals surface area contributed by atoms with Crippen LogP contribution in [0.5, 0.6) is 0 Å². The van der Waals surface area contributed by atoms with Gasteiger partial charge in [-0.25, -0.2) is 8.42 Å². The topological polar surface area (TPSA) is 86.2 Å². The van der Waals surface area contributed by atoms with Crippen molar-refractivity contribution in [2.75, 3.05) is 18.6 Å². The van der Waals surface area contributed by atoms with Gasteiger partial charge in [-0.15, -0.1) is 0 Å². The molecule has 0 aromatic heterocycles. The van der Waals surface area contributed by atoms with E-state index in [0.29, 0.717) is 13.0 Å². The summed E-state index contributed by atoms with van der Waals surface area (Å²) in [6.45, 7) is 0.343. The van der Waals surface area contributed by atoms with Gasteiger partial charge in [-0.1, -0.05) is 0 Å². The predicted molar refractivity (Wildman–Crippen MR) is 41.4 cm³/mol. The van der Waals surface area contributed by atoms with Crippen molar-refractivity contribution >= 4 is 9.84 Å². The van der Waals surface area contributed by atoms with Crippen molar-refractivity contribution in [3.8, 4) is 0 Å². The maximum atomic E-state index is 10.6. The second-order valence-electron chi connectivity index (χ2n) is 2.41. The van der Waals surface area contributed by atoms with Crippen LogP contribution in [0.1, 0.15) is 6.42 Å². The van der Waals surface area contributed by atoms with Crippen molar-refractivity contribution in [3.05, 3.63) is 0 Å². The summed E-state index contributed by atoms with van der Waals surface area (Å²) in [6, 6.07) is -0.185. The second kappa shape index (κ2) is 3.90. The van der Waals surface area contributed by atoms with E-state index in [9.17, 15) is 8.42 Å². The first-order valence-electron chi connectivity index (χ1n) is 3.09. The lowest BCUT2D eigenvalue weighted by atomic mass is 10.2. The van der Waals surface area contributed by atoms with Crippen LogP contribution in [0.2, 0.25) is 0 Å². The van der Waals surface area contributed by atoms with Gasteiger partial charge in [0.2, 0.25) is 0 Å². The van der Waals surface area contributed by atoms with E-state index in [2.05, 4.69) is 0 Å². The van der Waals surface area contributed by atoms with Crippen LogP contribution < -0.4 is 11.5 Å². The Labute approximate surface area is 61.5 Å². The van der Waals surface area contributed by atoms with Crippen molar-refractivity contribution < 1.29 is 8.42 Å². The first-order chi connectivity index (χ1) is 4.45. The second-order valence-corrected chi connectivity index (χ2v) is 4.67. The quantitative estimate of drug-likeness (QED) is 0.544. The molecule has 0 saturated heterocycles. The van der Waals surface area contributed by atoms with E-state index in [-0.39, 0.29) is 11.8 Å². The van der Waals surface area contributed by atoms with Gasteiger partial charge in [0, 0.05) is 18.8 Å². The molecule has 4 nitrogen and oxygen atoms in total. The first-order valence-corrected chi connectivity index (χ1v) is 5.15. The molecular weight excluding hydrogens is 152 g/mol. The van der Waals surface area contributed by atoms with Gasteiger partial charge in [-0.2, -0.15) is 0 Å². The first kappa shape index (κ1) is 9.87. The molecule has 0 aromatic rings. The van der Waals surface area contributed by atoms with Crippen LogP contribution in [0.15, 0.2) is 0 Å². The summed E-state index contributed by atoms with van der Waals surface area (Å²) in [5.41, 5.74) is 10.6. The summed E-state index contributed by atoms with van der Waals surface area (Å²) >= 11 is 0. The Morgan fingerprint density at radius 1 is 1.50 bits per heavy atom. The zero-order valence-electron chi connectivity index (χ0n) is 6.08. The minimum absolute atomic E-state index is 0.130. The van der Waals surface area contributed by atoms with Gasteiger partial charge < -0.3 is 11.5 Å². The lowest BCUT2D eigenvalue weighted by molar-refractivity contribution is 0.588. The maximum Gasteiger partial charge on any atom is 0.147 e. The molecule has 0 rings (SSSR count). The fourth-order valence-corrected chi connectivity index (χ4v) is 1.21. The predicted octanol–water partition coefficient (Wildman–Crippen LogP) is -1.29. The summed E-state index contributed by atoms with van der Waals surface area (Å²) in [7, 11) is -2.86. The molecule has 0 aliphatic heterocycles. The summed E-state index contributed by atoms with van der Waals surface area (Å²) < 4.78 is 21.1. The molecule has 0 amide bonds. The molecule has 4 N–H and O–H groups in total. The lowest BCUT2D eigenvalue weighted by Gasteiger charge is -2.05. The fourth-order valence-electron chi connectivity index (χ4n) is 0.483. The van der Waals surface area contributed by atoms with Crippen molar-refractivity contribution in [2.45, 2.75) is 12.5 Å². The highest BCUT2D eigenvalue weighted by atomic mass is 32.2. The standard InChI is InChI=1S/C5H14N2O2S/c1-10(8,9)3-2-5(7)4-6/h5H,2-4,6-7H2,1H3/t5-/m0/s1. The average Bonchev–Trinajstić information content (AvgIpc) is 1.81. The van der Waals surface area contributed by atoms with Crippen LogP contribution in [0, 0.1) is 0 Å². The number of nitrogens with two attached hydrogens (primary N) is 2. The third-order valence-electron chi connectivity index (χ3n) is 1.16. The highest BCUT2D eigenvalue weighted by molar-refractivity contribution is 7.90.